The van der Waals surface area contributed by atoms with Gasteiger partial charge in [-0.05, 0) is 28.2 Å². The van der Waals surface area contributed by atoms with Crippen molar-refractivity contribution in [2.24, 2.45) is 0 Å². The second kappa shape index (κ2) is 5.17. The predicted molar refractivity (Wildman–Crippen MR) is 61.5 cm³/mol. The first-order valence-electron chi connectivity index (χ1n) is 5.86. The molecule has 17 heavy (non-hydrogen) atoms. The van der Waals surface area contributed by atoms with Crippen LogP contribution in [0.4, 0.5) is 0 Å². The Kier molecular flexibility index (Phi) is 4.02. The van der Waals surface area contributed by atoms with E-state index >= 15 is 0 Å². The highest BCUT2D eigenvalue weighted by atomic mass is 16.8. The summed E-state index contributed by atoms with van der Waals surface area (Å²) in [6.45, 7) is 2.12. The summed E-state index contributed by atoms with van der Waals surface area (Å²) in [7, 11) is 7.86. The molecule has 100 valence electrons. The Labute approximate surface area is 102 Å². The highest BCUT2D eigenvalue weighted by Gasteiger charge is 2.43. The summed E-state index contributed by atoms with van der Waals surface area (Å²) in [4.78, 5) is 3.97. The minimum absolute atomic E-state index is 0.298. The lowest BCUT2D eigenvalue weighted by Gasteiger charge is -2.45. The summed E-state index contributed by atoms with van der Waals surface area (Å²) in [6.07, 6.45) is -0.306. The molecule has 0 N–H and O–H groups in total. The van der Waals surface area contributed by atoms with E-state index in [1.54, 1.807) is 0 Å². The Morgan fingerprint density at radius 2 is 1.41 bits per heavy atom. The summed E-state index contributed by atoms with van der Waals surface area (Å²) < 4.78 is 22.7. The summed E-state index contributed by atoms with van der Waals surface area (Å²) >= 11 is 0. The SMILES string of the molecule is CN(C)C1COC2(COC(N(C)C)OC2)OC1. The number of rotatable bonds is 2. The minimum Gasteiger partial charge on any atom is -0.344 e. The van der Waals surface area contributed by atoms with Crippen LogP contribution in [0.5, 0.6) is 0 Å². The Morgan fingerprint density at radius 1 is 0.882 bits per heavy atom. The molecule has 0 aromatic rings. The molecule has 0 aliphatic carbocycles. The molecule has 0 saturated carbocycles. The third-order valence-electron chi connectivity index (χ3n) is 3.12. The van der Waals surface area contributed by atoms with E-state index in [2.05, 4.69) is 4.90 Å². The van der Waals surface area contributed by atoms with Crippen LogP contribution in [-0.4, -0.2) is 82.7 Å². The summed E-state index contributed by atoms with van der Waals surface area (Å²) in [5.41, 5.74) is 0. The zero-order chi connectivity index (χ0) is 12.5. The monoisotopic (exact) mass is 246 g/mol. The van der Waals surface area contributed by atoms with Crippen molar-refractivity contribution >= 4 is 0 Å². The van der Waals surface area contributed by atoms with E-state index in [1.807, 2.05) is 33.1 Å². The minimum atomic E-state index is -0.709. The number of likely N-dealkylation sites (N-methyl/N-ethyl adjacent to an activating group) is 1. The first kappa shape index (κ1) is 13.2. The van der Waals surface area contributed by atoms with Gasteiger partial charge in [0, 0.05) is 0 Å². The van der Waals surface area contributed by atoms with Gasteiger partial charge in [-0.1, -0.05) is 0 Å². The van der Waals surface area contributed by atoms with Crippen LogP contribution in [0.3, 0.4) is 0 Å². The van der Waals surface area contributed by atoms with Gasteiger partial charge in [0.25, 0.3) is 0 Å². The van der Waals surface area contributed by atoms with Crippen molar-refractivity contribution in [2.75, 3.05) is 54.6 Å². The Bertz CT molecular complexity index is 214. The molecule has 2 saturated heterocycles. The first-order chi connectivity index (χ1) is 8.02. The van der Waals surface area contributed by atoms with E-state index in [0.29, 0.717) is 32.5 Å². The van der Waals surface area contributed by atoms with Gasteiger partial charge in [0.1, 0.15) is 13.2 Å². The standard InChI is InChI=1S/C11H22N2O4/c1-12(2)9-5-16-11(17-6-9)7-14-10(13(3)4)15-8-11/h9-10H,5-8H2,1-4H3. The lowest BCUT2D eigenvalue weighted by Crippen LogP contribution is -2.59. The molecule has 2 fully saturated rings. The van der Waals surface area contributed by atoms with Gasteiger partial charge in [0.05, 0.1) is 19.3 Å². The van der Waals surface area contributed by atoms with Crippen molar-refractivity contribution in [1.29, 1.82) is 0 Å². The summed E-state index contributed by atoms with van der Waals surface area (Å²) in [6, 6.07) is 0.298. The molecule has 0 aromatic heterocycles. The molecule has 6 nitrogen and oxygen atoms in total. The molecule has 1 spiro atoms. The largest absolute Gasteiger partial charge is 0.344 e. The second-order valence-electron chi connectivity index (χ2n) is 5.04. The molecule has 0 unspecified atom stereocenters. The predicted octanol–water partition coefficient (Wildman–Crippen LogP) is -0.448. The molecule has 2 aliphatic rings. The van der Waals surface area contributed by atoms with E-state index in [4.69, 9.17) is 18.9 Å². The van der Waals surface area contributed by atoms with Gasteiger partial charge in [0.15, 0.2) is 0 Å². The highest BCUT2D eigenvalue weighted by Crippen LogP contribution is 2.26. The molecule has 0 atom stereocenters. The van der Waals surface area contributed by atoms with Gasteiger partial charge in [-0.15, -0.1) is 0 Å². The third-order valence-corrected chi connectivity index (χ3v) is 3.12. The van der Waals surface area contributed by atoms with Crippen LogP contribution in [0.1, 0.15) is 0 Å². The van der Waals surface area contributed by atoms with Crippen LogP contribution in [-0.2, 0) is 18.9 Å². The van der Waals surface area contributed by atoms with Crippen LogP contribution in [0.2, 0.25) is 0 Å². The van der Waals surface area contributed by atoms with Crippen LogP contribution in [0, 0.1) is 0 Å². The van der Waals surface area contributed by atoms with Gasteiger partial charge >= 0.3 is 0 Å². The molecule has 0 bridgehead atoms. The van der Waals surface area contributed by atoms with Crippen molar-refractivity contribution in [3.8, 4) is 0 Å². The maximum Gasteiger partial charge on any atom is 0.218 e. The summed E-state index contributed by atoms with van der Waals surface area (Å²) in [5.74, 6) is -0.709. The van der Waals surface area contributed by atoms with Gasteiger partial charge in [0.2, 0.25) is 12.2 Å². The number of ether oxygens (including phenoxy) is 4. The zero-order valence-corrected chi connectivity index (χ0v) is 11.0. The molecule has 0 amide bonds. The van der Waals surface area contributed by atoms with Crippen molar-refractivity contribution in [3.05, 3.63) is 0 Å². The molecule has 0 radical (unpaired) electrons. The van der Waals surface area contributed by atoms with E-state index < -0.39 is 5.79 Å². The van der Waals surface area contributed by atoms with E-state index in [-0.39, 0.29) is 6.41 Å². The van der Waals surface area contributed by atoms with E-state index in [1.165, 1.54) is 0 Å². The molecule has 2 aliphatic heterocycles. The van der Waals surface area contributed by atoms with E-state index in [0.717, 1.165) is 0 Å². The third kappa shape index (κ3) is 2.96. The van der Waals surface area contributed by atoms with Gasteiger partial charge in [-0.25, -0.2) is 0 Å². The normalized spacial score (nSPS) is 39.2. The van der Waals surface area contributed by atoms with Gasteiger partial charge in [-0.3, -0.25) is 4.90 Å². The molecular weight excluding hydrogens is 224 g/mol. The smallest absolute Gasteiger partial charge is 0.218 e. The maximum absolute atomic E-state index is 5.78. The van der Waals surface area contributed by atoms with Gasteiger partial charge < -0.3 is 23.8 Å². The second-order valence-corrected chi connectivity index (χ2v) is 5.04. The lowest BCUT2D eigenvalue weighted by molar-refractivity contribution is -0.388. The molecule has 6 heteroatoms. The van der Waals surface area contributed by atoms with Crippen molar-refractivity contribution in [1.82, 2.24) is 9.80 Å². The molecule has 2 rings (SSSR count). The number of nitrogens with zero attached hydrogens (tertiary/aromatic N) is 2. The fourth-order valence-electron chi connectivity index (χ4n) is 1.84. The fourth-order valence-corrected chi connectivity index (χ4v) is 1.84. The zero-order valence-electron chi connectivity index (χ0n) is 11.0. The lowest BCUT2D eigenvalue weighted by atomic mass is 10.2. The highest BCUT2D eigenvalue weighted by molar-refractivity contribution is 4.80. The number of hydrogen-bond donors (Lipinski definition) is 0. The molecular formula is C11H22N2O4. The van der Waals surface area contributed by atoms with Crippen LogP contribution < -0.4 is 0 Å². The van der Waals surface area contributed by atoms with Crippen molar-refractivity contribution in [3.63, 3.8) is 0 Å². The summed E-state index contributed by atoms with van der Waals surface area (Å²) in [5, 5.41) is 0. The quantitative estimate of drug-likeness (QED) is 0.657. The van der Waals surface area contributed by atoms with Crippen LogP contribution in [0.15, 0.2) is 0 Å². The molecule has 2 heterocycles. The Morgan fingerprint density at radius 3 is 1.82 bits per heavy atom. The van der Waals surface area contributed by atoms with Crippen molar-refractivity contribution in [2.45, 2.75) is 18.2 Å². The van der Waals surface area contributed by atoms with Crippen LogP contribution >= 0.6 is 0 Å². The Hall–Kier alpha value is -0.240. The van der Waals surface area contributed by atoms with E-state index in [9.17, 15) is 0 Å². The topological polar surface area (TPSA) is 43.4 Å². The average Bonchev–Trinajstić information content (AvgIpc) is 2.30. The van der Waals surface area contributed by atoms with Crippen molar-refractivity contribution < 1.29 is 18.9 Å². The average molecular weight is 246 g/mol. The molecule has 0 aromatic carbocycles. The first-order valence-corrected chi connectivity index (χ1v) is 5.86. The van der Waals surface area contributed by atoms with Gasteiger partial charge in [-0.2, -0.15) is 0 Å². The maximum atomic E-state index is 5.78. The number of hydrogen-bond acceptors (Lipinski definition) is 6. The fraction of sp³-hybridized carbons (Fsp3) is 1.00. The van der Waals surface area contributed by atoms with Crippen LogP contribution in [0.25, 0.3) is 0 Å². The Balaban J connectivity index is 1.84.